The molecule has 6 aromatic carbocycles. The number of phenols is 2. The fraction of sp³-hybridized carbons (Fsp3) is 0.0556. The number of rotatable bonds is 14. The number of fused-ring (bicyclic) bond motifs is 2. The van der Waals surface area contributed by atoms with Gasteiger partial charge in [0.2, 0.25) is 0 Å². The number of phenolic OH excluding ortho intramolecular Hbond substituents is 2. The second kappa shape index (κ2) is 16.4. The maximum Gasteiger partial charge on any atom is 0.322 e. The Balaban J connectivity index is 1.18. The van der Waals surface area contributed by atoms with Crippen molar-refractivity contribution in [3.63, 3.8) is 0 Å². The summed E-state index contributed by atoms with van der Waals surface area (Å²) >= 11 is 0. The summed E-state index contributed by atoms with van der Waals surface area (Å²) in [5.74, 6) is -3.50. The molecule has 58 heavy (non-hydrogen) atoms. The largest absolute Gasteiger partial charge is 0.505 e. The minimum absolute atomic E-state index is 0.114. The van der Waals surface area contributed by atoms with Crippen LogP contribution in [0.3, 0.4) is 0 Å². The van der Waals surface area contributed by atoms with E-state index < -0.39 is 77.9 Å². The number of carboxylic acids is 2. The molecule has 0 aromatic heterocycles. The van der Waals surface area contributed by atoms with Crippen molar-refractivity contribution in [2.75, 3.05) is 23.7 Å². The number of carboxylic acid groups (broad SMARTS) is 2. The van der Waals surface area contributed by atoms with Crippen LogP contribution in [0.4, 0.5) is 45.5 Å². The summed E-state index contributed by atoms with van der Waals surface area (Å²) < 4.78 is 68.3. The highest BCUT2D eigenvalue weighted by Gasteiger charge is 2.24. The van der Waals surface area contributed by atoms with Crippen molar-refractivity contribution in [2.24, 2.45) is 30.7 Å². The van der Waals surface area contributed by atoms with E-state index in [1.54, 1.807) is 0 Å². The van der Waals surface area contributed by atoms with Crippen LogP contribution in [0.5, 0.6) is 11.5 Å². The molecule has 22 heteroatoms. The number of aromatic hydroxyl groups is 2. The molecule has 0 heterocycles. The minimum Gasteiger partial charge on any atom is -0.505 e. The lowest BCUT2D eigenvalue weighted by Crippen LogP contribution is -2.12. The maximum absolute atomic E-state index is 12.2. The van der Waals surface area contributed by atoms with E-state index in [0.29, 0.717) is 22.7 Å². The molecular weight excluding hydrogens is 801 g/mol. The third-order valence-electron chi connectivity index (χ3n) is 8.06. The molecule has 20 nitrogen and oxygen atoms in total. The number of hydrogen-bond acceptors (Lipinski definition) is 16. The van der Waals surface area contributed by atoms with E-state index in [0.717, 1.165) is 12.1 Å². The summed E-state index contributed by atoms with van der Waals surface area (Å²) in [6.45, 7) is -0.827. The zero-order chi connectivity index (χ0) is 41.8. The summed E-state index contributed by atoms with van der Waals surface area (Å²) in [5, 5.41) is 69.7. The van der Waals surface area contributed by atoms with Crippen LogP contribution in [-0.4, -0.2) is 71.4 Å². The average Bonchev–Trinajstić information content (AvgIpc) is 3.17. The molecule has 0 bridgehead atoms. The Labute approximate surface area is 327 Å². The molecule has 0 saturated heterocycles. The summed E-state index contributed by atoms with van der Waals surface area (Å²) in [4.78, 5) is 20.5. The van der Waals surface area contributed by atoms with Gasteiger partial charge in [0, 0.05) is 22.1 Å². The molecule has 0 spiro atoms. The lowest BCUT2D eigenvalue weighted by atomic mass is 10.1. The molecule has 296 valence electrons. The van der Waals surface area contributed by atoms with Crippen LogP contribution in [0.2, 0.25) is 0 Å². The first kappa shape index (κ1) is 40.3. The Morgan fingerprint density at radius 1 is 0.483 bits per heavy atom. The molecule has 0 fully saturated rings. The van der Waals surface area contributed by atoms with Gasteiger partial charge in [0.15, 0.2) is 11.5 Å². The van der Waals surface area contributed by atoms with Gasteiger partial charge >= 0.3 is 11.9 Å². The fourth-order valence-corrected chi connectivity index (χ4v) is 6.66. The number of anilines is 2. The average molecular weight is 829 g/mol. The first-order chi connectivity index (χ1) is 27.5. The monoisotopic (exact) mass is 828 g/mol. The molecule has 0 aliphatic rings. The predicted molar refractivity (Wildman–Crippen MR) is 209 cm³/mol. The first-order valence-electron chi connectivity index (χ1n) is 16.4. The second-order valence-corrected chi connectivity index (χ2v) is 14.9. The lowest BCUT2D eigenvalue weighted by molar-refractivity contribution is -0.135. The third-order valence-corrected chi connectivity index (χ3v) is 9.79. The van der Waals surface area contributed by atoms with E-state index in [1.165, 1.54) is 84.9 Å². The molecular formula is C36H28N8O12S2. The summed E-state index contributed by atoms with van der Waals surface area (Å²) in [6, 6.07) is 22.7. The molecule has 8 N–H and O–H groups in total. The van der Waals surface area contributed by atoms with Crippen molar-refractivity contribution in [3.8, 4) is 11.5 Å². The predicted octanol–water partition coefficient (Wildman–Crippen LogP) is 8.14. The third kappa shape index (κ3) is 9.51. The Morgan fingerprint density at radius 2 is 0.793 bits per heavy atom. The highest BCUT2D eigenvalue weighted by Crippen LogP contribution is 2.44. The molecule has 6 aromatic rings. The lowest BCUT2D eigenvalue weighted by Gasteiger charge is -2.11. The Hall–Kier alpha value is -7.40. The van der Waals surface area contributed by atoms with Gasteiger partial charge in [-0.05, 0) is 95.7 Å². The van der Waals surface area contributed by atoms with Crippen LogP contribution in [0.25, 0.3) is 21.5 Å². The number of azo groups is 3. The van der Waals surface area contributed by atoms with Gasteiger partial charge in [-0.2, -0.15) is 37.3 Å². The summed E-state index contributed by atoms with van der Waals surface area (Å²) in [6.07, 6.45) is 0. The van der Waals surface area contributed by atoms with Crippen LogP contribution >= 0.6 is 0 Å². The van der Waals surface area contributed by atoms with Gasteiger partial charge in [-0.25, -0.2) is 0 Å². The number of hydrogen-bond donors (Lipinski definition) is 8. The van der Waals surface area contributed by atoms with Crippen molar-refractivity contribution in [3.05, 3.63) is 97.1 Å². The molecule has 0 unspecified atom stereocenters. The summed E-state index contributed by atoms with van der Waals surface area (Å²) in [7, 11) is -9.73. The van der Waals surface area contributed by atoms with Crippen molar-refractivity contribution >= 4 is 99.2 Å². The quantitative estimate of drug-likeness (QED) is 0.0379. The normalized spacial score (nSPS) is 12.2. The van der Waals surface area contributed by atoms with E-state index >= 15 is 0 Å². The maximum atomic E-state index is 12.2. The Kier molecular flexibility index (Phi) is 11.4. The van der Waals surface area contributed by atoms with Crippen LogP contribution in [0, 0.1) is 0 Å². The number of aliphatic carboxylic acids is 2. The highest BCUT2D eigenvalue weighted by molar-refractivity contribution is 7.86. The highest BCUT2D eigenvalue weighted by atomic mass is 32.2. The minimum atomic E-state index is -4.87. The van der Waals surface area contributed by atoms with Crippen molar-refractivity contribution in [2.45, 2.75) is 9.79 Å². The molecule has 0 radical (unpaired) electrons. The number of carbonyl (C=O) groups is 2. The van der Waals surface area contributed by atoms with Crippen LogP contribution < -0.4 is 10.6 Å². The summed E-state index contributed by atoms with van der Waals surface area (Å²) in [5.41, 5.74) is 0.675. The standard InChI is InChI=1S/C36H28N8O12S2/c45-31(46)17-37-25-3-1-19-13-29(57(51,52)53)33(35(49)27(19)15-25)43-41-23-9-5-21(6-10-23)39-40-22-7-11-24(12-8-22)42-44-34-30(58(54,55)56)14-20-2-4-26(38-18-32(47)48)16-28(20)36(34)50/h1-16,37-38,49-50H,17-18H2,(H,45,46)(H,47,48)(H,51,52,53)(H,54,55,56). The molecule has 0 aliphatic carbocycles. The van der Waals surface area contributed by atoms with Gasteiger partial charge in [0.1, 0.15) is 34.3 Å². The van der Waals surface area contributed by atoms with E-state index in [-0.39, 0.29) is 32.9 Å². The van der Waals surface area contributed by atoms with Crippen molar-refractivity contribution in [1.82, 2.24) is 0 Å². The Bertz CT molecular complexity index is 2720. The van der Waals surface area contributed by atoms with E-state index in [9.17, 15) is 45.7 Å². The fourth-order valence-electron chi connectivity index (χ4n) is 5.35. The Morgan fingerprint density at radius 3 is 1.09 bits per heavy atom. The molecule has 6 rings (SSSR count). The number of nitrogens with zero attached hydrogens (tertiary/aromatic N) is 6. The van der Waals surface area contributed by atoms with Crippen molar-refractivity contribution < 1.29 is 56.0 Å². The first-order valence-corrected chi connectivity index (χ1v) is 19.3. The number of benzene rings is 6. The van der Waals surface area contributed by atoms with Crippen LogP contribution in [0.15, 0.2) is 138 Å². The second-order valence-electron chi connectivity index (χ2n) is 12.1. The van der Waals surface area contributed by atoms with Gasteiger partial charge in [-0.3, -0.25) is 18.7 Å². The van der Waals surface area contributed by atoms with Gasteiger partial charge in [-0.1, -0.05) is 12.1 Å². The topological polar surface area (TPSA) is 322 Å². The van der Waals surface area contributed by atoms with E-state index in [2.05, 4.69) is 41.3 Å². The SMILES string of the molecule is O=C(O)CNc1ccc2cc(S(=O)(=O)O)c(N=Nc3ccc(N=Nc4ccc(N=Nc5c(S(=O)(=O)O)cc6ccc(NCC(=O)O)cc6c5O)cc4)cc3)c(O)c2c1. The molecule has 0 saturated carbocycles. The van der Waals surface area contributed by atoms with Gasteiger partial charge in [0.05, 0.1) is 22.7 Å². The zero-order valence-electron chi connectivity index (χ0n) is 29.3. The smallest absolute Gasteiger partial charge is 0.322 e. The van der Waals surface area contributed by atoms with Gasteiger partial charge in [-0.15, -0.1) is 10.2 Å². The molecule has 0 atom stereocenters. The van der Waals surface area contributed by atoms with E-state index in [1.807, 2.05) is 0 Å². The molecule has 0 aliphatic heterocycles. The van der Waals surface area contributed by atoms with Gasteiger partial charge in [0.25, 0.3) is 20.2 Å². The van der Waals surface area contributed by atoms with Crippen molar-refractivity contribution in [1.29, 1.82) is 0 Å². The van der Waals surface area contributed by atoms with Gasteiger partial charge < -0.3 is 31.1 Å². The van der Waals surface area contributed by atoms with Crippen LogP contribution in [0.1, 0.15) is 0 Å². The van der Waals surface area contributed by atoms with Crippen LogP contribution in [-0.2, 0) is 29.8 Å². The van der Waals surface area contributed by atoms with E-state index in [4.69, 9.17) is 10.2 Å². The molecule has 0 amide bonds. The zero-order valence-corrected chi connectivity index (χ0v) is 30.9. The number of nitrogens with one attached hydrogen (secondary N) is 2.